The van der Waals surface area contributed by atoms with Gasteiger partial charge in [-0.2, -0.15) is 4.31 Å². The number of amides is 2. The molecular formula is C24H28FN3O4S. The molecule has 176 valence electrons. The molecule has 1 aliphatic heterocycles. The molecule has 9 heteroatoms. The average Bonchev–Trinajstić information content (AvgIpc) is 2.83. The number of piperidine rings is 1. The van der Waals surface area contributed by atoms with Crippen LogP contribution in [0.15, 0.2) is 60.0 Å². The zero-order valence-corrected chi connectivity index (χ0v) is 19.1. The van der Waals surface area contributed by atoms with Crippen LogP contribution in [-0.2, 0) is 26.0 Å². The van der Waals surface area contributed by atoms with E-state index in [9.17, 15) is 22.4 Å². The Morgan fingerprint density at radius 3 is 2.27 bits per heavy atom. The van der Waals surface area contributed by atoms with Crippen molar-refractivity contribution in [1.29, 1.82) is 0 Å². The first kappa shape index (κ1) is 24.6. The largest absolute Gasteiger partial charge is 0.354 e. The molecule has 2 N–H and O–H groups in total. The van der Waals surface area contributed by atoms with Crippen molar-refractivity contribution >= 4 is 27.9 Å². The molecule has 2 aromatic rings. The Labute approximate surface area is 193 Å². The summed E-state index contributed by atoms with van der Waals surface area (Å²) in [7, 11) is -3.54. The molecule has 1 saturated heterocycles. The van der Waals surface area contributed by atoms with Crippen molar-refractivity contribution in [3.8, 4) is 0 Å². The van der Waals surface area contributed by atoms with Crippen molar-refractivity contribution in [1.82, 2.24) is 14.9 Å². The third-order valence-corrected chi connectivity index (χ3v) is 7.01. The van der Waals surface area contributed by atoms with Crippen molar-refractivity contribution in [2.45, 2.75) is 19.3 Å². The number of carbonyl (C=O) groups is 2. The van der Waals surface area contributed by atoms with Gasteiger partial charge in [0.2, 0.25) is 21.8 Å². The molecule has 0 spiro atoms. The summed E-state index contributed by atoms with van der Waals surface area (Å²) in [6.07, 6.45) is 2.60. The van der Waals surface area contributed by atoms with E-state index in [1.54, 1.807) is 18.2 Å². The third-order valence-electron chi connectivity index (χ3n) is 5.44. The molecule has 33 heavy (non-hydrogen) atoms. The van der Waals surface area contributed by atoms with Gasteiger partial charge in [-0.3, -0.25) is 9.59 Å². The second-order valence-electron chi connectivity index (χ2n) is 7.88. The van der Waals surface area contributed by atoms with Gasteiger partial charge in [0, 0.05) is 37.5 Å². The second-order valence-corrected chi connectivity index (χ2v) is 9.69. The van der Waals surface area contributed by atoms with Gasteiger partial charge >= 0.3 is 0 Å². The summed E-state index contributed by atoms with van der Waals surface area (Å²) in [5, 5.41) is 6.72. The maximum absolute atomic E-state index is 12.9. The van der Waals surface area contributed by atoms with Gasteiger partial charge in [-0.15, -0.1) is 0 Å². The van der Waals surface area contributed by atoms with Crippen molar-refractivity contribution < 1.29 is 22.4 Å². The van der Waals surface area contributed by atoms with Crippen molar-refractivity contribution in [2.24, 2.45) is 5.92 Å². The molecule has 0 saturated carbocycles. The summed E-state index contributed by atoms with van der Waals surface area (Å²) < 4.78 is 39.4. The van der Waals surface area contributed by atoms with E-state index in [0.29, 0.717) is 18.4 Å². The van der Waals surface area contributed by atoms with Gasteiger partial charge in [-0.05, 0) is 42.2 Å². The van der Waals surface area contributed by atoms with E-state index in [4.69, 9.17) is 0 Å². The fourth-order valence-corrected chi connectivity index (χ4v) is 4.79. The number of carbonyl (C=O) groups excluding carboxylic acids is 2. The molecule has 3 rings (SSSR count). The van der Waals surface area contributed by atoms with Crippen molar-refractivity contribution in [3.63, 3.8) is 0 Å². The predicted molar refractivity (Wildman–Crippen MR) is 125 cm³/mol. The molecule has 0 bridgehead atoms. The van der Waals surface area contributed by atoms with E-state index < -0.39 is 10.0 Å². The minimum atomic E-state index is -3.54. The van der Waals surface area contributed by atoms with Crippen molar-refractivity contribution in [2.75, 3.05) is 26.2 Å². The van der Waals surface area contributed by atoms with Gasteiger partial charge in [0.15, 0.2) is 0 Å². The first-order chi connectivity index (χ1) is 15.8. The Morgan fingerprint density at radius 2 is 1.61 bits per heavy atom. The number of rotatable bonds is 9. The quantitative estimate of drug-likeness (QED) is 0.547. The maximum Gasteiger partial charge on any atom is 0.236 e. The third kappa shape index (κ3) is 7.80. The first-order valence-electron chi connectivity index (χ1n) is 10.9. The second kappa shape index (κ2) is 11.7. The minimum Gasteiger partial charge on any atom is -0.354 e. The lowest BCUT2D eigenvalue weighted by atomic mass is 9.97. The highest BCUT2D eigenvalue weighted by atomic mass is 32.2. The summed E-state index contributed by atoms with van der Waals surface area (Å²) in [4.78, 5) is 24.3. The number of sulfonamides is 1. The fraction of sp³-hybridized carbons (Fsp3) is 0.333. The zero-order chi connectivity index (χ0) is 23.7. The fourth-order valence-electron chi connectivity index (χ4n) is 3.57. The maximum atomic E-state index is 12.9. The van der Waals surface area contributed by atoms with Gasteiger partial charge in [0.1, 0.15) is 5.82 Å². The Bertz CT molecular complexity index is 1060. The number of nitrogens with zero attached hydrogens (tertiary/aromatic N) is 1. The molecule has 7 nitrogen and oxygen atoms in total. The normalized spacial score (nSPS) is 15.4. The molecule has 0 aliphatic carbocycles. The van der Waals surface area contributed by atoms with Crippen LogP contribution in [-0.4, -0.2) is 50.7 Å². The summed E-state index contributed by atoms with van der Waals surface area (Å²) in [6.45, 7) is 1.14. The smallest absolute Gasteiger partial charge is 0.236 e. The van der Waals surface area contributed by atoms with Crippen LogP contribution in [0.5, 0.6) is 0 Å². The Hall–Kier alpha value is -3.04. The molecular weight excluding hydrogens is 445 g/mol. The lowest BCUT2D eigenvalue weighted by Gasteiger charge is -2.29. The highest BCUT2D eigenvalue weighted by Gasteiger charge is 2.29. The van der Waals surface area contributed by atoms with Gasteiger partial charge in [0.25, 0.3) is 0 Å². The highest BCUT2D eigenvalue weighted by molar-refractivity contribution is 7.92. The van der Waals surface area contributed by atoms with Crippen molar-refractivity contribution in [3.05, 3.63) is 76.9 Å². The number of benzene rings is 2. The van der Waals surface area contributed by atoms with Gasteiger partial charge in [-0.1, -0.05) is 42.5 Å². The van der Waals surface area contributed by atoms with E-state index in [2.05, 4.69) is 10.6 Å². The number of hydrogen-bond acceptors (Lipinski definition) is 4. The lowest BCUT2D eigenvalue weighted by molar-refractivity contribution is -0.126. The van der Waals surface area contributed by atoms with E-state index in [1.165, 1.54) is 21.8 Å². The first-order valence-corrected chi connectivity index (χ1v) is 12.4. The molecule has 2 amide bonds. The molecule has 0 radical (unpaired) electrons. The Kier molecular flexibility index (Phi) is 8.73. The van der Waals surface area contributed by atoms with Gasteiger partial charge in [0.05, 0.1) is 6.42 Å². The molecule has 1 heterocycles. The van der Waals surface area contributed by atoms with Crippen LogP contribution in [0.1, 0.15) is 24.0 Å². The number of nitrogens with one attached hydrogen (secondary N) is 2. The lowest BCUT2D eigenvalue weighted by Crippen LogP contribution is -2.43. The number of halogens is 1. The minimum absolute atomic E-state index is 0.139. The molecule has 1 fully saturated rings. The predicted octanol–water partition coefficient (Wildman–Crippen LogP) is 2.31. The van der Waals surface area contributed by atoms with Crippen LogP contribution in [0, 0.1) is 11.7 Å². The summed E-state index contributed by atoms with van der Waals surface area (Å²) >= 11 is 0. The summed E-state index contributed by atoms with van der Waals surface area (Å²) in [5.41, 5.74) is 1.51. The standard InChI is InChI=1S/C24H28FN3O4S/c25-22-8-6-20(7-9-22)18-23(29)26-13-14-27-24(30)21-10-15-28(16-11-21)33(31,32)17-12-19-4-2-1-3-5-19/h1-9,12,17,21H,10-11,13-16,18H2,(H,26,29)(H,27,30)/b17-12+. The SMILES string of the molecule is O=C(Cc1ccc(F)cc1)NCCNC(=O)C1CCN(S(=O)(=O)/C=C/c2ccccc2)CC1. The molecule has 0 atom stereocenters. The van der Waals surface area contributed by atoms with Crippen LogP contribution in [0.3, 0.4) is 0 Å². The molecule has 0 aromatic heterocycles. The van der Waals surface area contributed by atoms with E-state index >= 15 is 0 Å². The monoisotopic (exact) mass is 473 g/mol. The number of hydrogen-bond donors (Lipinski definition) is 2. The highest BCUT2D eigenvalue weighted by Crippen LogP contribution is 2.21. The Morgan fingerprint density at radius 1 is 0.970 bits per heavy atom. The summed E-state index contributed by atoms with van der Waals surface area (Å²) in [6, 6.07) is 14.9. The van der Waals surface area contributed by atoms with Crippen LogP contribution >= 0.6 is 0 Å². The Balaban J connectivity index is 1.35. The van der Waals surface area contributed by atoms with Crippen LogP contribution in [0.4, 0.5) is 4.39 Å². The van der Waals surface area contributed by atoms with E-state index in [-0.39, 0.29) is 56.1 Å². The topological polar surface area (TPSA) is 95.6 Å². The average molecular weight is 474 g/mol. The zero-order valence-electron chi connectivity index (χ0n) is 18.2. The van der Waals surface area contributed by atoms with E-state index in [0.717, 1.165) is 5.56 Å². The van der Waals surface area contributed by atoms with Crippen LogP contribution in [0.25, 0.3) is 6.08 Å². The van der Waals surface area contributed by atoms with Gasteiger partial charge < -0.3 is 10.6 Å². The molecule has 2 aromatic carbocycles. The van der Waals surface area contributed by atoms with Gasteiger partial charge in [-0.25, -0.2) is 12.8 Å². The summed E-state index contributed by atoms with van der Waals surface area (Å²) in [5.74, 6) is -0.962. The molecule has 1 aliphatic rings. The molecule has 0 unspecified atom stereocenters. The van der Waals surface area contributed by atoms with E-state index in [1.807, 2.05) is 30.3 Å². The van der Waals surface area contributed by atoms with Crippen LogP contribution < -0.4 is 10.6 Å². The van der Waals surface area contributed by atoms with Crippen LogP contribution in [0.2, 0.25) is 0 Å².